The van der Waals surface area contributed by atoms with Crippen molar-refractivity contribution in [2.45, 2.75) is 32.0 Å². The van der Waals surface area contributed by atoms with E-state index >= 15 is 0 Å². The summed E-state index contributed by atoms with van der Waals surface area (Å²) in [6.45, 7) is 3.50. The fourth-order valence-electron chi connectivity index (χ4n) is 2.05. The maximum atomic E-state index is 9.99. The van der Waals surface area contributed by atoms with Gasteiger partial charge < -0.3 is 10.4 Å². The van der Waals surface area contributed by atoms with Crippen molar-refractivity contribution in [2.75, 3.05) is 6.54 Å². The van der Waals surface area contributed by atoms with Gasteiger partial charge >= 0.3 is 0 Å². The number of nitrogens with zero attached hydrogens (tertiary/aromatic N) is 2. The van der Waals surface area contributed by atoms with Crippen LogP contribution in [0, 0.1) is 0 Å². The van der Waals surface area contributed by atoms with Gasteiger partial charge in [0.25, 0.3) is 0 Å². The maximum absolute atomic E-state index is 9.99. The number of hydrogen-bond donors (Lipinski definition) is 2. The second-order valence-corrected chi connectivity index (χ2v) is 4.88. The van der Waals surface area contributed by atoms with Crippen LogP contribution in [0.5, 0.6) is 0 Å². The van der Waals surface area contributed by atoms with Crippen molar-refractivity contribution in [3.05, 3.63) is 54.4 Å². The molecule has 1 heterocycles. The molecule has 0 aliphatic rings. The number of aliphatic hydroxyl groups excluding tert-OH is 1. The highest BCUT2D eigenvalue weighted by molar-refractivity contribution is 5.15. The predicted octanol–water partition coefficient (Wildman–Crippen LogP) is 1.46. The molecule has 4 nitrogen and oxygen atoms in total. The first-order valence-electron chi connectivity index (χ1n) is 6.67. The lowest BCUT2D eigenvalue weighted by atomic mass is 10.1. The number of nitrogens with one attached hydrogen (secondary N) is 1. The van der Waals surface area contributed by atoms with E-state index in [9.17, 15) is 5.11 Å². The molecule has 102 valence electrons. The van der Waals surface area contributed by atoms with Crippen LogP contribution in [0.15, 0.2) is 48.8 Å². The Morgan fingerprint density at radius 3 is 2.74 bits per heavy atom. The van der Waals surface area contributed by atoms with Crippen LogP contribution in [0.2, 0.25) is 0 Å². The molecule has 2 unspecified atom stereocenters. The highest BCUT2D eigenvalue weighted by atomic mass is 16.3. The van der Waals surface area contributed by atoms with Crippen LogP contribution >= 0.6 is 0 Å². The third-order valence-corrected chi connectivity index (χ3v) is 3.04. The first-order valence-corrected chi connectivity index (χ1v) is 6.67. The lowest BCUT2D eigenvalue weighted by Gasteiger charge is -2.17. The maximum Gasteiger partial charge on any atom is 0.0704 e. The van der Waals surface area contributed by atoms with Crippen LogP contribution in [0.25, 0.3) is 0 Å². The molecule has 0 spiro atoms. The fraction of sp³-hybridized carbons (Fsp3) is 0.400. The van der Waals surface area contributed by atoms with Crippen molar-refractivity contribution in [2.24, 2.45) is 0 Å². The zero-order valence-electron chi connectivity index (χ0n) is 11.2. The minimum absolute atomic E-state index is 0.283. The number of aliphatic hydroxyl groups is 1. The molecule has 0 aliphatic carbocycles. The number of rotatable bonds is 7. The second kappa shape index (κ2) is 7.07. The average molecular weight is 259 g/mol. The molecule has 2 rings (SSSR count). The Hall–Kier alpha value is -1.65. The monoisotopic (exact) mass is 259 g/mol. The molecule has 1 aromatic heterocycles. The van der Waals surface area contributed by atoms with Gasteiger partial charge in [-0.2, -0.15) is 5.10 Å². The van der Waals surface area contributed by atoms with Crippen molar-refractivity contribution >= 4 is 0 Å². The van der Waals surface area contributed by atoms with Gasteiger partial charge in [0.1, 0.15) is 0 Å². The van der Waals surface area contributed by atoms with Crippen molar-refractivity contribution in [3.63, 3.8) is 0 Å². The third kappa shape index (κ3) is 4.85. The van der Waals surface area contributed by atoms with Crippen LogP contribution in [0.1, 0.15) is 12.5 Å². The quantitative estimate of drug-likeness (QED) is 0.791. The second-order valence-electron chi connectivity index (χ2n) is 4.88. The normalized spacial score (nSPS) is 14.2. The zero-order valence-corrected chi connectivity index (χ0v) is 11.2. The molecule has 0 amide bonds. The van der Waals surface area contributed by atoms with Gasteiger partial charge in [-0.05, 0) is 25.0 Å². The summed E-state index contributed by atoms with van der Waals surface area (Å²) >= 11 is 0. The van der Waals surface area contributed by atoms with Gasteiger partial charge in [0.05, 0.1) is 12.6 Å². The van der Waals surface area contributed by atoms with Crippen LogP contribution < -0.4 is 5.32 Å². The van der Waals surface area contributed by atoms with Gasteiger partial charge in [0, 0.05) is 25.0 Å². The molecule has 1 aromatic carbocycles. The molecule has 0 saturated heterocycles. The average Bonchev–Trinajstić information content (AvgIpc) is 2.90. The Morgan fingerprint density at radius 2 is 2.05 bits per heavy atom. The smallest absolute Gasteiger partial charge is 0.0704 e. The minimum atomic E-state index is -0.359. The van der Waals surface area contributed by atoms with Gasteiger partial charge in [-0.3, -0.25) is 4.68 Å². The zero-order chi connectivity index (χ0) is 13.5. The van der Waals surface area contributed by atoms with E-state index in [1.807, 2.05) is 47.3 Å². The van der Waals surface area contributed by atoms with E-state index in [1.165, 1.54) is 0 Å². The van der Waals surface area contributed by atoms with Crippen LogP contribution in [-0.2, 0) is 13.0 Å². The molecule has 0 saturated carbocycles. The molecule has 19 heavy (non-hydrogen) atoms. The molecular formula is C15H21N3O. The van der Waals surface area contributed by atoms with E-state index in [0.717, 1.165) is 12.1 Å². The predicted molar refractivity (Wildman–Crippen MR) is 75.8 cm³/mol. The first kappa shape index (κ1) is 13.8. The van der Waals surface area contributed by atoms with E-state index < -0.39 is 0 Å². The summed E-state index contributed by atoms with van der Waals surface area (Å²) in [6.07, 6.45) is 4.04. The first-order chi connectivity index (χ1) is 9.24. The molecular weight excluding hydrogens is 238 g/mol. The van der Waals surface area contributed by atoms with Gasteiger partial charge in [-0.1, -0.05) is 30.3 Å². The third-order valence-electron chi connectivity index (χ3n) is 3.04. The highest BCUT2D eigenvalue weighted by Crippen LogP contribution is 2.02. The lowest BCUT2D eigenvalue weighted by Crippen LogP contribution is -2.37. The van der Waals surface area contributed by atoms with Crippen molar-refractivity contribution < 1.29 is 5.11 Å². The Kier molecular flexibility index (Phi) is 5.12. The Morgan fingerprint density at radius 1 is 1.26 bits per heavy atom. The number of hydrogen-bond acceptors (Lipinski definition) is 3. The van der Waals surface area contributed by atoms with Crippen molar-refractivity contribution in [3.8, 4) is 0 Å². The summed E-state index contributed by atoms with van der Waals surface area (Å²) in [5.41, 5.74) is 1.16. The minimum Gasteiger partial charge on any atom is -0.391 e. The van der Waals surface area contributed by atoms with Crippen molar-refractivity contribution in [1.82, 2.24) is 15.1 Å². The van der Waals surface area contributed by atoms with Crippen LogP contribution in [-0.4, -0.2) is 33.6 Å². The summed E-state index contributed by atoms with van der Waals surface area (Å²) in [6, 6.07) is 12.3. The van der Waals surface area contributed by atoms with E-state index in [4.69, 9.17) is 0 Å². The molecule has 0 bridgehead atoms. The van der Waals surface area contributed by atoms with Crippen LogP contribution in [0.3, 0.4) is 0 Å². The molecule has 2 N–H and O–H groups in total. The number of benzene rings is 1. The Labute approximate surface area is 114 Å². The van der Waals surface area contributed by atoms with E-state index in [2.05, 4.69) is 17.3 Å². The summed E-state index contributed by atoms with van der Waals surface area (Å²) in [5, 5.41) is 17.5. The molecule has 0 aliphatic heterocycles. The molecule has 4 heteroatoms. The fourth-order valence-corrected chi connectivity index (χ4v) is 2.05. The van der Waals surface area contributed by atoms with Crippen molar-refractivity contribution in [1.29, 1.82) is 0 Å². The van der Waals surface area contributed by atoms with Gasteiger partial charge in [-0.25, -0.2) is 0 Å². The van der Waals surface area contributed by atoms with Gasteiger partial charge in [-0.15, -0.1) is 0 Å². The standard InChI is InChI=1S/C15H21N3O/c1-13(12-18-9-5-8-17-18)16-11-15(19)10-14-6-3-2-4-7-14/h2-9,13,15-16,19H,10-12H2,1H3. The summed E-state index contributed by atoms with van der Waals surface area (Å²) in [4.78, 5) is 0. The highest BCUT2D eigenvalue weighted by Gasteiger charge is 2.08. The Bertz CT molecular complexity index is 456. The molecule has 0 fully saturated rings. The van der Waals surface area contributed by atoms with E-state index in [-0.39, 0.29) is 12.1 Å². The molecule has 2 atom stereocenters. The summed E-state index contributed by atoms with van der Waals surface area (Å²) in [5.74, 6) is 0. The van der Waals surface area contributed by atoms with E-state index in [0.29, 0.717) is 13.0 Å². The molecule has 2 aromatic rings. The molecule has 0 radical (unpaired) electrons. The Balaban J connectivity index is 1.70. The number of aromatic nitrogens is 2. The van der Waals surface area contributed by atoms with Gasteiger partial charge in [0.15, 0.2) is 0 Å². The summed E-state index contributed by atoms with van der Waals surface area (Å²) in [7, 11) is 0. The lowest BCUT2D eigenvalue weighted by molar-refractivity contribution is 0.166. The van der Waals surface area contributed by atoms with Crippen LogP contribution in [0.4, 0.5) is 0 Å². The largest absolute Gasteiger partial charge is 0.391 e. The van der Waals surface area contributed by atoms with Gasteiger partial charge in [0.2, 0.25) is 0 Å². The SMILES string of the molecule is CC(Cn1cccn1)NCC(O)Cc1ccccc1. The van der Waals surface area contributed by atoms with E-state index in [1.54, 1.807) is 6.20 Å². The topological polar surface area (TPSA) is 50.1 Å². The summed E-state index contributed by atoms with van der Waals surface area (Å²) < 4.78 is 1.89.